The zero-order valence-electron chi connectivity index (χ0n) is 13.1. The molecule has 0 unspecified atom stereocenters. The summed E-state index contributed by atoms with van der Waals surface area (Å²) in [5, 5.41) is 0. The molecule has 0 radical (unpaired) electrons. The molecule has 116 valence electrons. The summed E-state index contributed by atoms with van der Waals surface area (Å²) in [7, 11) is 1.80. The number of hydrogen-bond acceptors (Lipinski definition) is 3. The van der Waals surface area contributed by atoms with Crippen LogP contribution in [0, 0.1) is 6.92 Å². The van der Waals surface area contributed by atoms with Gasteiger partial charge in [0.25, 0.3) is 0 Å². The van der Waals surface area contributed by atoms with Crippen LogP contribution in [0.5, 0.6) is 0 Å². The second-order valence-corrected chi connectivity index (χ2v) is 5.72. The van der Waals surface area contributed by atoms with E-state index in [-0.39, 0.29) is 5.91 Å². The van der Waals surface area contributed by atoms with Crippen LogP contribution in [-0.2, 0) is 4.79 Å². The number of hydrogen-bond donors (Lipinski definition) is 1. The first kappa shape index (κ1) is 17.4. The molecule has 4 nitrogen and oxygen atoms in total. The third-order valence-corrected chi connectivity index (χ3v) is 3.67. The molecule has 0 aliphatic carbocycles. The Morgan fingerprint density at radius 2 is 2.00 bits per heavy atom. The van der Waals surface area contributed by atoms with Crippen LogP contribution in [0.1, 0.15) is 25.3 Å². The summed E-state index contributed by atoms with van der Waals surface area (Å²) in [5.41, 5.74) is 7.85. The van der Waals surface area contributed by atoms with E-state index in [9.17, 15) is 4.79 Å². The summed E-state index contributed by atoms with van der Waals surface area (Å²) in [6.45, 7) is 6.36. The van der Waals surface area contributed by atoms with Gasteiger partial charge in [-0.25, -0.2) is 0 Å². The van der Waals surface area contributed by atoms with E-state index >= 15 is 0 Å². The molecule has 0 heterocycles. The van der Waals surface area contributed by atoms with Crippen LogP contribution < -0.4 is 10.6 Å². The number of anilines is 1. The van der Waals surface area contributed by atoms with Gasteiger partial charge in [0, 0.05) is 45.2 Å². The summed E-state index contributed by atoms with van der Waals surface area (Å²) >= 11 is 4.83. The van der Waals surface area contributed by atoms with E-state index < -0.39 is 0 Å². The second-order valence-electron chi connectivity index (χ2n) is 5.20. The molecule has 0 bridgehead atoms. The van der Waals surface area contributed by atoms with Crippen molar-refractivity contribution in [3.63, 3.8) is 0 Å². The topological polar surface area (TPSA) is 49.6 Å². The zero-order valence-corrected chi connectivity index (χ0v) is 13.9. The Balaban J connectivity index is 2.51. The second kappa shape index (κ2) is 8.62. The highest BCUT2D eigenvalue weighted by molar-refractivity contribution is 7.80. The highest BCUT2D eigenvalue weighted by atomic mass is 32.1. The Morgan fingerprint density at radius 1 is 1.29 bits per heavy atom. The number of nitrogens with zero attached hydrogens (tertiary/aromatic N) is 2. The minimum absolute atomic E-state index is 0.123. The average Bonchev–Trinajstić information content (AvgIpc) is 2.45. The van der Waals surface area contributed by atoms with Gasteiger partial charge in [0.2, 0.25) is 5.91 Å². The summed E-state index contributed by atoms with van der Waals surface area (Å²) in [6, 6.07) is 8.34. The molecule has 0 aliphatic rings. The third kappa shape index (κ3) is 6.12. The van der Waals surface area contributed by atoms with Crippen LogP contribution in [0.3, 0.4) is 0 Å². The molecule has 0 atom stereocenters. The fourth-order valence-electron chi connectivity index (χ4n) is 2.12. The van der Waals surface area contributed by atoms with Crippen molar-refractivity contribution < 1.29 is 4.79 Å². The van der Waals surface area contributed by atoms with Crippen molar-refractivity contribution in [2.24, 2.45) is 5.73 Å². The quantitative estimate of drug-likeness (QED) is 0.749. The lowest BCUT2D eigenvalue weighted by atomic mass is 10.2. The van der Waals surface area contributed by atoms with Gasteiger partial charge in [-0.2, -0.15) is 0 Å². The van der Waals surface area contributed by atoms with Crippen molar-refractivity contribution in [3.05, 3.63) is 29.8 Å². The molecule has 0 saturated carbocycles. The molecular formula is C16H25N3OS. The normalized spacial score (nSPS) is 10.2. The van der Waals surface area contributed by atoms with Crippen LogP contribution in [0.2, 0.25) is 0 Å². The van der Waals surface area contributed by atoms with Gasteiger partial charge in [0.05, 0.1) is 4.99 Å². The predicted octanol–water partition coefficient (Wildman–Crippen LogP) is 2.35. The maximum absolute atomic E-state index is 12.1. The number of nitrogens with two attached hydrogens (primary N) is 1. The van der Waals surface area contributed by atoms with Crippen LogP contribution in [0.15, 0.2) is 24.3 Å². The number of aryl methyl sites for hydroxylation is 1. The summed E-state index contributed by atoms with van der Waals surface area (Å²) < 4.78 is 0. The monoisotopic (exact) mass is 307 g/mol. The Morgan fingerprint density at radius 3 is 2.57 bits per heavy atom. The third-order valence-electron chi connectivity index (χ3n) is 3.46. The molecule has 21 heavy (non-hydrogen) atoms. The Hall–Kier alpha value is -1.62. The largest absolute Gasteiger partial charge is 0.393 e. The molecule has 0 fully saturated rings. The number of thiocarbonyl (C=S) groups is 1. The molecule has 0 aromatic heterocycles. The highest BCUT2D eigenvalue weighted by Crippen LogP contribution is 2.16. The summed E-state index contributed by atoms with van der Waals surface area (Å²) in [5.74, 6) is 0.123. The van der Waals surface area contributed by atoms with Gasteiger partial charge in [-0.05, 0) is 31.5 Å². The standard InChI is InChI=1S/C16H25N3OS/c1-4-19(14-7-5-6-13(2)12-14)11-9-16(20)18(3)10-8-15(17)21/h5-7,12H,4,8-11H2,1-3H3,(H2,17,21). The SMILES string of the molecule is CCN(CCC(=O)N(C)CCC(N)=S)c1cccc(C)c1. The van der Waals surface area contributed by atoms with E-state index in [4.69, 9.17) is 18.0 Å². The molecule has 1 aromatic rings. The zero-order chi connectivity index (χ0) is 15.8. The average molecular weight is 307 g/mol. The lowest BCUT2D eigenvalue weighted by molar-refractivity contribution is -0.129. The Bertz CT molecular complexity index is 490. The molecule has 0 spiro atoms. The molecule has 1 amide bonds. The van der Waals surface area contributed by atoms with Gasteiger partial charge in [-0.1, -0.05) is 24.4 Å². The molecule has 2 N–H and O–H groups in total. The maximum atomic E-state index is 12.1. The van der Waals surface area contributed by atoms with Gasteiger partial charge in [0.1, 0.15) is 0 Å². The maximum Gasteiger partial charge on any atom is 0.224 e. The van der Waals surface area contributed by atoms with E-state index in [0.717, 1.165) is 18.8 Å². The Labute approximate surface area is 132 Å². The van der Waals surface area contributed by atoms with E-state index in [0.29, 0.717) is 24.4 Å². The Kier molecular flexibility index (Phi) is 7.15. The number of carbonyl (C=O) groups is 1. The van der Waals surface area contributed by atoms with Gasteiger partial charge in [0.15, 0.2) is 0 Å². The predicted molar refractivity (Wildman–Crippen MR) is 92.7 cm³/mol. The summed E-state index contributed by atoms with van der Waals surface area (Å²) in [6.07, 6.45) is 1.07. The highest BCUT2D eigenvalue weighted by Gasteiger charge is 2.11. The smallest absolute Gasteiger partial charge is 0.224 e. The molecule has 5 heteroatoms. The first-order valence-electron chi connectivity index (χ1n) is 7.28. The van der Waals surface area contributed by atoms with Crippen molar-refractivity contribution in [1.82, 2.24) is 4.90 Å². The van der Waals surface area contributed by atoms with Crippen molar-refractivity contribution in [2.75, 3.05) is 31.6 Å². The lowest BCUT2D eigenvalue weighted by Crippen LogP contribution is -2.33. The van der Waals surface area contributed by atoms with Crippen LogP contribution in [0.4, 0.5) is 5.69 Å². The minimum Gasteiger partial charge on any atom is -0.393 e. The van der Waals surface area contributed by atoms with E-state index in [1.54, 1.807) is 11.9 Å². The minimum atomic E-state index is 0.123. The number of carbonyl (C=O) groups excluding carboxylic acids is 1. The van der Waals surface area contributed by atoms with Gasteiger partial charge in [-0.15, -0.1) is 0 Å². The molecule has 1 aromatic carbocycles. The fourth-order valence-corrected chi connectivity index (χ4v) is 2.21. The molecular weight excluding hydrogens is 282 g/mol. The van der Waals surface area contributed by atoms with Crippen molar-refractivity contribution in [1.29, 1.82) is 0 Å². The number of amides is 1. The molecule has 0 aliphatic heterocycles. The van der Waals surface area contributed by atoms with Crippen LogP contribution in [0.25, 0.3) is 0 Å². The van der Waals surface area contributed by atoms with Crippen LogP contribution >= 0.6 is 12.2 Å². The van der Waals surface area contributed by atoms with Gasteiger partial charge >= 0.3 is 0 Å². The van der Waals surface area contributed by atoms with Crippen molar-refractivity contribution >= 4 is 28.8 Å². The summed E-state index contributed by atoms with van der Waals surface area (Å²) in [4.78, 5) is 16.5. The number of benzene rings is 1. The fraction of sp³-hybridized carbons (Fsp3) is 0.500. The van der Waals surface area contributed by atoms with E-state index in [1.807, 2.05) is 6.07 Å². The van der Waals surface area contributed by atoms with E-state index in [2.05, 4.69) is 36.9 Å². The van der Waals surface area contributed by atoms with Gasteiger partial charge < -0.3 is 15.5 Å². The molecule has 1 rings (SSSR count). The van der Waals surface area contributed by atoms with Gasteiger partial charge in [-0.3, -0.25) is 4.79 Å². The first-order chi connectivity index (χ1) is 9.93. The van der Waals surface area contributed by atoms with Crippen molar-refractivity contribution in [3.8, 4) is 0 Å². The molecule has 0 saturated heterocycles. The van der Waals surface area contributed by atoms with Crippen LogP contribution in [-0.4, -0.2) is 42.5 Å². The van der Waals surface area contributed by atoms with E-state index in [1.165, 1.54) is 5.56 Å². The van der Waals surface area contributed by atoms with Crippen molar-refractivity contribution in [2.45, 2.75) is 26.7 Å². The number of rotatable bonds is 8. The first-order valence-corrected chi connectivity index (χ1v) is 7.68. The lowest BCUT2D eigenvalue weighted by Gasteiger charge is -2.25.